The van der Waals surface area contributed by atoms with E-state index in [1.54, 1.807) is 0 Å². The molecule has 2 fully saturated rings. The molecule has 0 aromatic heterocycles. The molecule has 4 atom stereocenters. The summed E-state index contributed by atoms with van der Waals surface area (Å²) in [7, 11) is 0. The van der Waals surface area contributed by atoms with Crippen LogP contribution in [0.5, 0.6) is 5.75 Å². The molecular formula is C15H19BrO5. The van der Waals surface area contributed by atoms with Crippen LogP contribution < -0.4 is 4.74 Å². The van der Waals surface area contributed by atoms with Gasteiger partial charge in [-0.3, -0.25) is 0 Å². The summed E-state index contributed by atoms with van der Waals surface area (Å²) < 4.78 is 23.6. The van der Waals surface area contributed by atoms with Gasteiger partial charge in [0, 0.05) is 10.9 Å². The molecule has 1 aromatic rings. The second-order valence-electron chi connectivity index (χ2n) is 5.78. The molecule has 0 aliphatic carbocycles. The fraction of sp³-hybridized carbons (Fsp3) is 0.600. The van der Waals surface area contributed by atoms with Crippen LogP contribution in [0.3, 0.4) is 0 Å². The van der Waals surface area contributed by atoms with Gasteiger partial charge in [-0.2, -0.15) is 0 Å². The van der Waals surface area contributed by atoms with Gasteiger partial charge in [0.1, 0.15) is 24.6 Å². The van der Waals surface area contributed by atoms with Crippen molar-refractivity contribution in [3.8, 4) is 5.75 Å². The number of halogens is 1. The van der Waals surface area contributed by atoms with Gasteiger partial charge in [-0.05, 0) is 38.1 Å². The number of aliphatic hydroxyl groups excluding tert-OH is 1. The zero-order valence-electron chi connectivity index (χ0n) is 12.0. The molecule has 3 rings (SSSR count). The van der Waals surface area contributed by atoms with E-state index in [0.29, 0.717) is 12.2 Å². The summed E-state index contributed by atoms with van der Waals surface area (Å²) in [5.74, 6) is 0.100. The van der Waals surface area contributed by atoms with Crippen molar-refractivity contribution in [2.45, 2.75) is 50.7 Å². The molecule has 116 valence electrons. The predicted molar refractivity (Wildman–Crippen MR) is 79.0 cm³/mol. The lowest BCUT2D eigenvalue weighted by Crippen LogP contribution is -2.34. The number of aliphatic hydroxyl groups is 1. The van der Waals surface area contributed by atoms with E-state index in [9.17, 15) is 5.11 Å². The van der Waals surface area contributed by atoms with E-state index in [-0.39, 0.29) is 18.8 Å². The molecule has 1 aromatic carbocycles. The third-order valence-corrected chi connectivity index (χ3v) is 4.10. The van der Waals surface area contributed by atoms with E-state index in [1.165, 1.54) is 0 Å². The first-order chi connectivity index (χ1) is 9.93. The SMILES string of the molecule is CC1(C)O[C@H]2O[C@H]([C@H](O)COc3ccc(Br)cc3)C[C@H]2O1. The van der Waals surface area contributed by atoms with Gasteiger partial charge in [-0.25, -0.2) is 0 Å². The third-order valence-electron chi connectivity index (χ3n) is 3.58. The topological polar surface area (TPSA) is 57.2 Å². The summed E-state index contributed by atoms with van der Waals surface area (Å²) in [6, 6.07) is 7.47. The van der Waals surface area contributed by atoms with E-state index in [1.807, 2.05) is 38.1 Å². The molecule has 1 N–H and O–H groups in total. The minimum absolute atomic E-state index is 0.118. The highest BCUT2D eigenvalue weighted by Crippen LogP contribution is 2.37. The lowest BCUT2D eigenvalue weighted by atomic mass is 10.1. The van der Waals surface area contributed by atoms with Crippen molar-refractivity contribution in [3.63, 3.8) is 0 Å². The van der Waals surface area contributed by atoms with Gasteiger partial charge in [-0.15, -0.1) is 0 Å². The lowest BCUT2D eigenvalue weighted by molar-refractivity contribution is -0.215. The maximum Gasteiger partial charge on any atom is 0.187 e. The van der Waals surface area contributed by atoms with Crippen molar-refractivity contribution >= 4 is 15.9 Å². The fourth-order valence-electron chi connectivity index (χ4n) is 2.60. The van der Waals surface area contributed by atoms with Gasteiger partial charge in [-0.1, -0.05) is 15.9 Å². The van der Waals surface area contributed by atoms with Crippen LogP contribution in [0, 0.1) is 0 Å². The number of hydrogen-bond acceptors (Lipinski definition) is 5. The molecule has 2 saturated heterocycles. The third kappa shape index (κ3) is 3.57. The maximum absolute atomic E-state index is 10.2. The monoisotopic (exact) mass is 358 g/mol. The molecule has 2 heterocycles. The quantitative estimate of drug-likeness (QED) is 0.895. The summed E-state index contributed by atoms with van der Waals surface area (Å²) in [5, 5.41) is 10.2. The highest BCUT2D eigenvalue weighted by Gasteiger charge is 2.50. The van der Waals surface area contributed by atoms with Crippen LogP contribution in [-0.2, 0) is 14.2 Å². The predicted octanol–water partition coefficient (Wildman–Crippen LogP) is 2.46. The van der Waals surface area contributed by atoms with Crippen molar-refractivity contribution in [1.82, 2.24) is 0 Å². The molecule has 0 saturated carbocycles. The Balaban J connectivity index is 1.49. The molecular weight excluding hydrogens is 340 g/mol. The fourth-order valence-corrected chi connectivity index (χ4v) is 2.87. The average molecular weight is 359 g/mol. The summed E-state index contributed by atoms with van der Waals surface area (Å²) in [6.07, 6.45) is -0.945. The van der Waals surface area contributed by atoms with E-state index in [4.69, 9.17) is 18.9 Å². The Bertz CT molecular complexity index is 473. The second kappa shape index (κ2) is 5.85. The van der Waals surface area contributed by atoms with Crippen molar-refractivity contribution in [2.75, 3.05) is 6.61 Å². The van der Waals surface area contributed by atoms with Crippen molar-refractivity contribution < 1.29 is 24.1 Å². The summed E-state index contributed by atoms with van der Waals surface area (Å²) in [4.78, 5) is 0. The average Bonchev–Trinajstić information content (AvgIpc) is 2.91. The number of rotatable bonds is 4. The van der Waals surface area contributed by atoms with Gasteiger partial charge < -0.3 is 24.1 Å². The van der Waals surface area contributed by atoms with Crippen molar-refractivity contribution in [2.24, 2.45) is 0 Å². The van der Waals surface area contributed by atoms with E-state index in [2.05, 4.69) is 15.9 Å². The molecule has 21 heavy (non-hydrogen) atoms. The number of hydrogen-bond donors (Lipinski definition) is 1. The standard InChI is InChI=1S/C15H19BrO5/c1-15(2)20-13-7-12(19-14(13)21-15)11(17)8-18-10-5-3-9(16)4-6-10/h3-6,11-14,17H,7-8H2,1-2H3/t11-,12+,13-,14-/m1/s1. The normalized spacial score (nSPS) is 31.9. The Morgan fingerprint density at radius 3 is 2.71 bits per heavy atom. The van der Waals surface area contributed by atoms with Gasteiger partial charge >= 0.3 is 0 Å². The van der Waals surface area contributed by atoms with Crippen LogP contribution in [0.1, 0.15) is 20.3 Å². The Labute approximate surface area is 132 Å². The molecule has 0 radical (unpaired) electrons. The van der Waals surface area contributed by atoms with Crippen LogP contribution >= 0.6 is 15.9 Å². The Hall–Kier alpha value is -0.660. The van der Waals surface area contributed by atoms with E-state index >= 15 is 0 Å². The minimum Gasteiger partial charge on any atom is -0.491 e. The van der Waals surface area contributed by atoms with Crippen molar-refractivity contribution in [3.05, 3.63) is 28.7 Å². The van der Waals surface area contributed by atoms with Gasteiger partial charge in [0.05, 0.1) is 6.10 Å². The number of ether oxygens (including phenoxy) is 4. The molecule has 2 aliphatic rings. The zero-order chi connectivity index (χ0) is 15.0. The molecule has 0 bridgehead atoms. The largest absolute Gasteiger partial charge is 0.491 e. The first kappa shape index (κ1) is 15.2. The summed E-state index contributed by atoms with van der Waals surface area (Å²) in [5.41, 5.74) is 0. The van der Waals surface area contributed by atoms with Crippen LogP contribution in [0.25, 0.3) is 0 Å². The molecule has 6 heteroatoms. The first-order valence-electron chi connectivity index (χ1n) is 7.00. The first-order valence-corrected chi connectivity index (χ1v) is 7.80. The molecule has 0 unspecified atom stereocenters. The van der Waals surface area contributed by atoms with Crippen LogP contribution in [0.4, 0.5) is 0 Å². The van der Waals surface area contributed by atoms with Gasteiger partial charge in [0.25, 0.3) is 0 Å². The molecule has 2 aliphatic heterocycles. The Kier molecular flexibility index (Phi) is 4.25. The highest BCUT2D eigenvalue weighted by molar-refractivity contribution is 9.10. The Morgan fingerprint density at radius 2 is 2.05 bits per heavy atom. The maximum atomic E-state index is 10.2. The van der Waals surface area contributed by atoms with Crippen molar-refractivity contribution in [1.29, 1.82) is 0 Å². The summed E-state index contributed by atoms with van der Waals surface area (Å²) in [6.45, 7) is 3.89. The van der Waals surface area contributed by atoms with E-state index < -0.39 is 18.2 Å². The van der Waals surface area contributed by atoms with Crippen LogP contribution in [-0.4, -0.2) is 42.1 Å². The molecule has 5 nitrogen and oxygen atoms in total. The van der Waals surface area contributed by atoms with Gasteiger partial charge in [0.15, 0.2) is 12.1 Å². The smallest absolute Gasteiger partial charge is 0.187 e. The highest BCUT2D eigenvalue weighted by atomic mass is 79.9. The molecule has 0 amide bonds. The second-order valence-corrected chi connectivity index (χ2v) is 6.70. The lowest BCUT2D eigenvalue weighted by Gasteiger charge is -2.23. The number of benzene rings is 1. The van der Waals surface area contributed by atoms with E-state index in [0.717, 1.165) is 4.47 Å². The summed E-state index contributed by atoms with van der Waals surface area (Å²) >= 11 is 3.36. The van der Waals surface area contributed by atoms with Crippen LogP contribution in [0.15, 0.2) is 28.7 Å². The van der Waals surface area contributed by atoms with Gasteiger partial charge in [0.2, 0.25) is 0 Å². The van der Waals surface area contributed by atoms with Crippen LogP contribution in [0.2, 0.25) is 0 Å². The number of fused-ring (bicyclic) bond motifs is 1. The molecule has 0 spiro atoms. The Morgan fingerprint density at radius 1 is 1.33 bits per heavy atom. The minimum atomic E-state index is -0.713. The zero-order valence-corrected chi connectivity index (χ0v) is 13.6.